The van der Waals surface area contributed by atoms with Crippen LogP contribution < -0.4 is 5.32 Å². The van der Waals surface area contributed by atoms with Crippen molar-refractivity contribution in [3.63, 3.8) is 0 Å². The van der Waals surface area contributed by atoms with E-state index in [0.29, 0.717) is 6.54 Å². The third kappa shape index (κ3) is 4.70. The molecule has 4 atom stereocenters. The molecule has 0 aromatic carbocycles. The molecule has 1 rings (SSSR count). The van der Waals surface area contributed by atoms with E-state index in [4.69, 9.17) is 15.3 Å². The number of hydrogen-bond acceptors (Lipinski definition) is 4. The Morgan fingerprint density at radius 3 is 2.41 bits per heavy atom. The van der Waals surface area contributed by atoms with E-state index < -0.39 is 35.8 Å². The molecule has 1 saturated heterocycles. The number of rotatable bonds is 7. The molecule has 7 heteroatoms. The summed E-state index contributed by atoms with van der Waals surface area (Å²) in [5.74, 6) is -4.38. The second-order valence-corrected chi connectivity index (χ2v) is 5.51. The third-order valence-electron chi connectivity index (χ3n) is 3.91. The van der Waals surface area contributed by atoms with E-state index in [2.05, 4.69) is 5.32 Å². The lowest BCUT2D eigenvalue weighted by Gasteiger charge is -2.20. The van der Waals surface area contributed by atoms with Gasteiger partial charge in [0.05, 0.1) is 12.3 Å². The Balaban J connectivity index is 2.85. The van der Waals surface area contributed by atoms with E-state index in [1.54, 1.807) is 26.0 Å². The quantitative estimate of drug-likeness (QED) is 0.516. The van der Waals surface area contributed by atoms with Gasteiger partial charge in [0, 0.05) is 12.5 Å². The summed E-state index contributed by atoms with van der Waals surface area (Å²) < 4.78 is 0. The first kappa shape index (κ1) is 17.9. The van der Waals surface area contributed by atoms with Crippen LogP contribution in [-0.2, 0) is 14.4 Å². The van der Waals surface area contributed by atoms with Crippen molar-refractivity contribution < 1.29 is 29.7 Å². The van der Waals surface area contributed by atoms with Gasteiger partial charge < -0.3 is 20.6 Å². The average Bonchev–Trinajstić information content (AvgIpc) is 2.81. The zero-order valence-electron chi connectivity index (χ0n) is 12.5. The largest absolute Gasteiger partial charge is 0.481 e. The molecule has 0 bridgehead atoms. The molecule has 0 aliphatic carbocycles. The van der Waals surface area contributed by atoms with Crippen LogP contribution in [0.4, 0.5) is 0 Å². The van der Waals surface area contributed by atoms with Crippen molar-refractivity contribution in [3.8, 4) is 0 Å². The van der Waals surface area contributed by atoms with Crippen molar-refractivity contribution >= 4 is 17.9 Å². The number of carbonyl (C=O) groups is 3. The van der Waals surface area contributed by atoms with Crippen molar-refractivity contribution in [1.29, 1.82) is 0 Å². The molecular formula is C15H21NO6. The fraction of sp³-hybridized carbons (Fsp3) is 0.533. The minimum absolute atomic E-state index is 0.206. The summed E-state index contributed by atoms with van der Waals surface area (Å²) in [7, 11) is 0. The molecule has 1 unspecified atom stereocenters. The maximum Gasteiger partial charge on any atom is 0.321 e. The van der Waals surface area contributed by atoms with Crippen molar-refractivity contribution in [2.75, 3.05) is 6.54 Å². The Kier molecular flexibility index (Phi) is 6.30. The molecule has 22 heavy (non-hydrogen) atoms. The first-order chi connectivity index (χ1) is 10.2. The molecular weight excluding hydrogens is 290 g/mol. The molecule has 1 fully saturated rings. The summed E-state index contributed by atoms with van der Waals surface area (Å²) in [5.41, 5.74) is 0.830. The van der Waals surface area contributed by atoms with Gasteiger partial charge in [-0.3, -0.25) is 14.4 Å². The van der Waals surface area contributed by atoms with Crippen molar-refractivity contribution in [3.05, 3.63) is 23.8 Å². The Hall–Kier alpha value is -2.15. The van der Waals surface area contributed by atoms with Crippen LogP contribution in [0.2, 0.25) is 0 Å². The molecule has 7 nitrogen and oxygen atoms in total. The number of nitrogens with one attached hydrogen (secondary N) is 1. The van der Waals surface area contributed by atoms with E-state index in [-0.39, 0.29) is 12.3 Å². The summed E-state index contributed by atoms with van der Waals surface area (Å²) in [6.07, 6.45) is 4.62. The topological polar surface area (TPSA) is 124 Å². The molecule has 1 aliphatic heterocycles. The zero-order valence-corrected chi connectivity index (χ0v) is 12.5. The lowest BCUT2D eigenvalue weighted by Crippen LogP contribution is -2.36. The van der Waals surface area contributed by atoms with E-state index in [1.807, 2.05) is 0 Å². The second kappa shape index (κ2) is 7.74. The highest BCUT2D eigenvalue weighted by molar-refractivity contribution is 5.76. The second-order valence-electron chi connectivity index (χ2n) is 5.51. The Labute approximate surface area is 128 Å². The van der Waals surface area contributed by atoms with Crippen molar-refractivity contribution in [2.45, 2.75) is 26.3 Å². The molecule has 0 aromatic heterocycles. The monoisotopic (exact) mass is 311 g/mol. The summed E-state index contributed by atoms with van der Waals surface area (Å²) in [5, 5.41) is 29.7. The maximum atomic E-state index is 11.2. The van der Waals surface area contributed by atoms with Crippen LogP contribution in [-0.4, -0.2) is 45.8 Å². The lowest BCUT2D eigenvalue weighted by atomic mass is 9.83. The van der Waals surface area contributed by atoms with Gasteiger partial charge in [-0.2, -0.15) is 0 Å². The van der Waals surface area contributed by atoms with E-state index >= 15 is 0 Å². The predicted octanol–water partition coefficient (Wildman–Crippen LogP) is 0.973. The average molecular weight is 311 g/mol. The molecule has 0 aromatic rings. The van der Waals surface area contributed by atoms with E-state index in [9.17, 15) is 14.4 Å². The van der Waals surface area contributed by atoms with Gasteiger partial charge in [0.15, 0.2) is 0 Å². The molecule has 0 amide bonds. The molecule has 1 aliphatic rings. The number of carboxylic acids is 3. The Morgan fingerprint density at radius 2 is 1.91 bits per heavy atom. The van der Waals surface area contributed by atoms with E-state index in [1.165, 1.54) is 6.08 Å². The predicted molar refractivity (Wildman–Crippen MR) is 78.4 cm³/mol. The minimum Gasteiger partial charge on any atom is -0.481 e. The SMILES string of the molecule is C/C(=C/C=C/C(C)C(=O)O)[C@H]1CN[C@H](C(=O)O)[C@H]1CC(=O)O. The van der Waals surface area contributed by atoms with Gasteiger partial charge in [-0.25, -0.2) is 0 Å². The molecule has 122 valence electrons. The highest BCUT2D eigenvalue weighted by Gasteiger charge is 2.41. The first-order valence-corrected chi connectivity index (χ1v) is 6.99. The van der Waals surface area contributed by atoms with Gasteiger partial charge in [-0.15, -0.1) is 0 Å². The molecule has 0 saturated carbocycles. The zero-order chi connectivity index (χ0) is 16.9. The molecule has 1 heterocycles. The van der Waals surface area contributed by atoms with Gasteiger partial charge in [-0.05, 0) is 19.8 Å². The normalized spacial score (nSPS) is 27.0. The standard InChI is InChI=1S/C15H21NO6/c1-8(4-3-5-9(2)14(19)20)11-7-16-13(15(21)22)10(11)6-12(17)18/h3-5,9-11,13,16H,6-7H2,1-2H3,(H,17,18)(H,19,20)(H,21,22)/b5-3+,8-4-/t9?,10-,11+,13-/m0/s1. The minimum atomic E-state index is -1.06. The summed E-state index contributed by atoms with van der Waals surface area (Å²) in [4.78, 5) is 32.8. The summed E-state index contributed by atoms with van der Waals surface area (Å²) in [6, 6.07) is -0.883. The van der Waals surface area contributed by atoms with Gasteiger partial charge in [0.2, 0.25) is 0 Å². The van der Waals surface area contributed by atoms with Gasteiger partial charge in [0.25, 0.3) is 0 Å². The van der Waals surface area contributed by atoms with Crippen LogP contribution in [0.3, 0.4) is 0 Å². The number of allylic oxidation sites excluding steroid dienone is 2. The van der Waals surface area contributed by atoms with Crippen molar-refractivity contribution in [2.24, 2.45) is 17.8 Å². The van der Waals surface area contributed by atoms with Crippen LogP contribution in [0.1, 0.15) is 20.3 Å². The molecule has 4 N–H and O–H groups in total. The smallest absolute Gasteiger partial charge is 0.321 e. The highest BCUT2D eigenvalue weighted by Crippen LogP contribution is 2.31. The van der Waals surface area contributed by atoms with Crippen LogP contribution in [0.15, 0.2) is 23.8 Å². The Bertz CT molecular complexity index is 510. The third-order valence-corrected chi connectivity index (χ3v) is 3.91. The fourth-order valence-corrected chi connectivity index (χ4v) is 2.60. The summed E-state index contributed by atoms with van der Waals surface area (Å²) in [6.45, 7) is 3.73. The number of carboxylic acid groups (broad SMARTS) is 3. The first-order valence-electron chi connectivity index (χ1n) is 6.99. The summed E-state index contributed by atoms with van der Waals surface area (Å²) >= 11 is 0. The van der Waals surface area contributed by atoms with Crippen LogP contribution in [0.25, 0.3) is 0 Å². The number of aliphatic carboxylic acids is 3. The van der Waals surface area contributed by atoms with Crippen LogP contribution in [0.5, 0.6) is 0 Å². The van der Waals surface area contributed by atoms with Crippen LogP contribution >= 0.6 is 0 Å². The van der Waals surface area contributed by atoms with Gasteiger partial charge >= 0.3 is 17.9 Å². The lowest BCUT2D eigenvalue weighted by molar-refractivity contribution is -0.142. The van der Waals surface area contributed by atoms with Gasteiger partial charge in [0.1, 0.15) is 6.04 Å². The number of hydrogen-bond donors (Lipinski definition) is 4. The van der Waals surface area contributed by atoms with Gasteiger partial charge in [-0.1, -0.05) is 23.8 Å². The highest BCUT2D eigenvalue weighted by atomic mass is 16.4. The maximum absolute atomic E-state index is 11.2. The van der Waals surface area contributed by atoms with E-state index in [0.717, 1.165) is 5.57 Å². The molecule has 0 spiro atoms. The molecule has 0 radical (unpaired) electrons. The Morgan fingerprint density at radius 1 is 1.27 bits per heavy atom. The van der Waals surface area contributed by atoms with Crippen LogP contribution in [0, 0.1) is 17.8 Å². The fourth-order valence-electron chi connectivity index (χ4n) is 2.60. The van der Waals surface area contributed by atoms with Crippen molar-refractivity contribution in [1.82, 2.24) is 5.32 Å².